The Balaban J connectivity index is 2.31. The molecule has 2 rings (SSSR count). The predicted molar refractivity (Wildman–Crippen MR) is 127 cm³/mol. The zero-order valence-corrected chi connectivity index (χ0v) is 20.8. The Morgan fingerprint density at radius 1 is 1.27 bits per heavy atom. The summed E-state index contributed by atoms with van der Waals surface area (Å²) in [5.41, 5.74) is 8.23. The SMILES string of the molecule is CC(O[Si](C)(C)C(C)(C)C)C(CCc1ccccc1N(C)C)n1cnc(C(N)=O)c1. The quantitative estimate of drug-likeness (QED) is 0.589. The largest absolute Gasteiger partial charge is 0.412 e. The van der Waals surface area contributed by atoms with Crippen molar-refractivity contribution < 1.29 is 9.22 Å². The van der Waals surface area contributed by atoms with Crippen LogP contribution in [0.3, 0.4) is 0 Å². The number of nitrogens with two attached hydrogens (primary N) is 1. The zero-order valence-electron chi connectivity index (χ0n) is 19.8. The Hall–Kier alpha value is -2.12. The fourth-order valence-corrected chi connectivity index (χ4v) is 4.89. The maximum Gasteiger partial charge on any atom is 0.268 e. The number of nitrogens with zero attached hydrogens (tertiary/aromatic N) is 3. The first kappa shape index (κ1) is 24.1. The zero-order chi connectivity index (χ0) is 22.7. The van der Waals surface area contributed by atoms with E-state index < -0.39 is 14.2 Å². The summed E-state index contributed by atoms with van der Waals surface area (Å²) in [6.07, 6.45) is 5.20. The molecule has 1 aromatic carbocycles. The summed E-state index contributed by atoms with van der Waals surface area (Å²) in [5, 5.41) is 0.122. The molecule has 0 bridgehead atoms. The van der Waals surface area contributed by atoms with Gasteiger partial charge in [0.05, 0.1) is 18.5 Å². The van der Waals surface area contributed by atoms with Gasteiger partial charge in [-0.15, -0.1) is 0 Å². The van der Waals surface area contributed by atoms with Crippen LogP contribution in [0.2, 0.25) is 18.1 Å². The van der Waals surface area contributed by atoms with E-state index in [1.807, 2.05) is 4.57 Å². The Bertz CT molecular complexity index is 855. The van der Waals surface area contributed by atoms with E-state index in [9.17, 15) is 4.79 Å². The van der Waals surface area contributed by atoms with Crippen molar-refractivity contribution in [2.75, 3.05) is 19.0 Å². The maximum atomic E-state index is 11.6. The molecule has 0 aliphatic carbocycles. The van der Waals surface area contributed by atoms with Crippen molar-refractivity contribution in [3.05, 3.63) is 48.0 Å². The van der Waals surface area contributed by atoms with Crippen molar-refractivity contribution in [1.82, 2.24) is 9.55 Å². The molecule has 1 heterocycles. The summed E-state index contributed by atoms with van der Waals surface area (Å²) in [4.78, 5) is 17.9. The molecule has 166 valence electrons. The third-order valence-electron chi connectivity index (χ3n) is 6.25. The number of carbonyl (C=O) groups is 1. The fraction of sp³-hybridized carbons (Fsp3) is 0.565. The number of primary amides is 1. The van der Waals surface area contributed by atoms with Gasteiger partial charge >= 0.3 is 0 Å². The maximum absolute atomic E-state index is 11.6. The molecule has 0 spiro atoms. The number of carbonyl (C=O) groups excluding carboxylic acids is 1. The number of benzene rings is 1. The lowest BCUT2D eigenvalue weighted by atomic mass is 10.00. The summed E-state index contributed by atoms with van der Waals surface area (Å²) in [5.74, 6) is -0.511. The molecule has 0 radical (unpaired) electrons. The van der Waals surface area contributed by atoms with Crippen LogP contribution in [-0.2, 0) is 10.8 Å². The molecule has 0 fully saturated rings. The Morgan fingerprint density at radius 2 is 1.90 bits per heavy atom. The van der Waals surface area contributed by atoms with E-state index in [1.54, 1.807) is 12.5 Å². The number of hydrogen-bond acceptors (Lipinski definition) is 4. The van der Waals surface area contributed by atoms with Crippen LogP contribution in [0.15, 0.2) is 36.8 Å². The summed E-state index contributed by atoms with van der Waals surface area (Å²) in [6.45, 7) is 13.4. The van der Waals surface area contributed by atoms with Crippen molar-refractivity contribution >= 4 is 19.9 Å². The number of aryl methyl sites for hydroxylation is 1. The average Bonchev–Trinajstić information content (AvgIpc) is 3.11. The van der Waals surface area contributed by atoms with Crippen LogP contribution in [0, 0.1) is 0 Å². The van der Waals surface area contributed by atoms with Crippen LogP contribution >= 0.6 is 0 Å². The monoisotopic (exact) mass is 430 g/mol. The van der Waals surface area contributed by atoms with E-state index in [0.29, 0.717) is 0 Å². The number of hydrogen-bond donors (Lipinski definition) is 1. The van der Waals surface area contributed by atoms with Crippen LogP contribution in [0.5, 0.6) is 0 Å². The van der Waals surface area contributed by atoms with Gasteiger partial charge in [-0.05, 0) is 49.5 Å². The molecule has 1 amide bonds. The molecule has 0 aliphatic rings. The van der Waals surface area contributed by atoms with Crippen molar-refractivity contribution in [2.24, 2.45) is 5.73 Å². The molecule has 2 N–H and O–H groups in total. The second-order valence-corrected chi connectivity index (χ2v) is 14.5. The molecule has 1 aromatic heterocycles. The van der Waals surface area contributed by atoms with Crippen LogP contribution in [-0.4, -0.2) is 44.0 Å². The van der Waals surface area contributed by atoms with Crippen molar-refractivity contribution in [3.63, 3.8) is 0 Å². The van der Waals surface area contributed by atoms with Gasteiger partial charge in [0.25, 0.3) is 5.91 Å². The van der Waals surface area contributed by atoms with Gasteiger partial charge in [-0.3, -0.25) is 4.79 Å². The molecule has 0 saturated carbocycles. The smallest absolute Gasteiger partial charge is 0.268 e. The summed E-state index contributed by atoms with van der Waals surface area (Å²) in [7, 11) is 2.18. The molecule has 0 aliphatic heterocycles. The van der Waals surface area contributed by atoms with Gasteiger partial charge in [0.1, 0.15) is 5.69 Å². The van der Waals surface area contributed by atoms with Crippen LogP contribution in [0.1, 0.15) is 56.2 Å². The van der Waals surface area contributed by atoms with Crippen LogP contribution in [0.4, 0.5) is 5.69 Å². The van der Waals surface area contributed by atoms with E-state index in [1.165, 1.54) is 11.3 Å². The lowest BCUT2D eigenvalue weighted by molar-refractivity contribution is 0.0995. The lowest BCUT2D eigenvalue weighted by Crippen LogP contribution is -2.45. The minimum Gasteiger partial charge on any atom is -0.412 e. The van der Waals surface area contributed by atoms with E-state index >= 15 is 0 Å². The summed E-state index contributed by atoms with van der Waals surface area (Å²) in [6, 6.07) is 8.51. The summed E-state index contributed by atoms with van der Waals surface area (Å²) < 4.78 is 8.71. The van der Waals surface area contributed by atoms with Crippen molar-refractivity contribution in [3.8, 4) is 0 Å². The number of imidazole rings is 1. The van der Waals surface area contributed by atoms with Gasteiger partial charge in [0.2, 0.25) is 0 Å². The van der Waals surface area contributed by atoms with E-state index in [2.05, 4.69) is 89.0 Å². The highest BCUT2D eigenvalue weighted by molar-refractivity contribution is 6.74. The first-order valence-electron chi connectivity index (χ1n) is 10.6. The van der Waals surface area contributed by atoms with Gasteiger partial charge < -0.3 is 19.6 Å². The normalized spacial score (nSPS) is 14.4. The number of aromatic nitrogens is 2. The number of para-hydroxylation sites is 1. The minimum atomic E-state index is -1.95. The minimum absolute atomic E-state index is 0.0210. The van der Waals surface area contributed by atoms with Gasteiger partial charge in [0.15, 0.2) is 8.32 Å². The van der Waals surface area contributed by atoms with Gasteiger partial charge in [-0.25, -0.2) is 4.98 Å². The highest BCUT2D eigenvalue weighted by Crippen LogP contribution is 2.39. The molecule has 30 heavy (non-hydrogen) atoms. The predicted octanol–water partition coefficient (Wildman–Crippen LogP) is 4.63. The molecule has 6 nitrogen and oxygen atoms in total. The number of anilines is 1. The van der Waals surface area contributed by atoms with E-state index in [4.69, 9.17) is 10.2 Å². The second kappa shape index (κ2) is 9.35. The molecule has 7 heteroatoms. The third-order valence-corrected chi connectivity index (χ3v) is 10.8. The van der Waals surface area contributed by atoms with Gasteiger partial charge in [-0.1, -0.05) is 39.0 Å². The Morgan fingerprint density at radius 3 is 2.43 bits per heavy atom. The topological polar surface area (TPSA) is 73.4 Å². The molecule has 2 aromatic rings. The van der Waals surface area contributed by atoms with Gasteiger partial charge in [0, 0.05) is 26.0 Å². The number of amides is 1. The Labute approximate surface area is 182 Å². The van der Waals surface area contributed by atoms with E-state index in [0.717, 1.165) is 12.8 Å². The summed E-state index contributed by atoms with van der Waals surface area (Å²) >= 11 is 0. The van der Waals surface area contributed by atoms with Gasteiger partial charge in [-0.2, -0.15) is 0 Å². The molecule has 2 atom stereocenters. The average molecular weight is 431 g/mol. The number of rotatable bonds is 9. The Kier molecular flexibility index (Phi) is 7.53. The molecular formula is C23H38N4O2Si. The molecule has 2 unspecified atom stereocenters. The van der Waals surface area contributed by atoms with Crippen molar-refractivity contribution in [2.45, 2.75) is 70.8 Å². The third kappa shape index (κ3) is 5.73. The van der Waals surface area contributed by atoms with E-state index in [-0.39, 0.29) is 22.9 Å². The first-order chi connectivity index (χ1) is 13.8. The molecular weight excluding hydrogens is 392 g/mol. The standard InChI is InChI=1S/C23H38N4O2Si/c1-17(29-30(7,8)23(2,3)4)20(27-15-19(22(24)28)25-16-27)14-13-18-11-9-10-12-21(18)26(5)6/h9-12,15-17,20H,13-14H2,1-8H3,(H2,24,28). The highest BCUT2D eigenvalue weighted by Gasteiger charge is 2.40. The van der Waals surface area contributed by atoms with Crippen LogP contribution < -0.4 is 10.6 Å². The highest BCUT2D eigenvalue weighted by atomic mass is 28.4. The first-order valence-corrected chi connectivity index (χ1v) is 13.5. The lowest BCUT2D eigenvalue weighted by Gasteiger charge is -2.40. The molecule has 0 saturated heterocycles. The van der Waals surface area contributed by atoms with Crippen LogP contribution in [0.25, 0.3) is 0 Å². The fourth-order valence-electron chi connectivity index (χ4n) is 3.45. The van der Waals surface area contributed by atoms with Crippen molar-refractivity contribution in [1.29, 1.82) is 0 Å². The second-order valence-electron chi connectivity index (χ2n) is 9.78.